The predicted molar refractivity (Wildman–Crippen MR) is 165 cm³/mol. The van der Waals surface area contributed by atoms with Crippen molar-refractivity contribution in [2.24, 2.45) is 0 Å². The summed E-state index contributed by atoms with van der Waals surface area (Å²) in [7, 11) is 0. The van der Waals surface area contributed by atoms with Gasteiger partial charge in [0.2, 0.25) is 5.56 Å². The largest absolute Gasteiger partial charge is 0.478 e. The highest BCUT2D eigenvalue weighted by molar-refractivity contribution is 8.05. The number of carboxylic acids is 1. The lowest BCUT2D eigenvalue weighted by molar-refractivity contribution is 0.0695. The molecular weight excluding hydrogens is 578 g/mol. The van der Waals surface area contributed by atoms with E-state index in [9.17, 15) is 14.7 Å². The van der Waals surface area contributed by atoms with E-state index in [1.165, 1.54) is 0 Å². The summed E-state index contributed by atoms with van der Waals surface area (Å²) in [5.74, 6) is -0.605. The number of anilines is 2. The molecule has 0 amide bonds. The van der Waals surface area contributed by atoms with E-state index in [0.29, 0.717) is 31.1 Å². The van der Waals surface area contributed by atoms with Crippen LogP contribution in [0.25, 0.3) is 11.3 Å². The first-order valence-electron chi connectivity index (χ1n) is 13.3. The van der Waals surface area contributed by atoms with Crippen LogP contribution >= 0.6 is 35.1 Å². The Morgan fingerprint density at radius 3 is 2.63 bits per heavy atom. The lowest BCUT2D eigenvalue weighted by Crippen LogP contribution is -2.36. The molecule has 1 atom stereocenters. The second-order valence-electron chi connectivity index (χ2n) is 9.88. The number of rotatable bonds is 8. The van der Waals surface area contributed by atoms with Crippen LogP contribution in [-0.4, -0.2) is 54.3 Å². The molecule has 10 heteroatoms. The highest BCUT2D eigenvalue weighted by Crippen LogP contribution is 2.52. The number of ether oxygens (including phenoxy) is 1. The summed E-state index contributed by atoms with van der Waals surface area (Å²) in [6, 6.07) is 23.1. The number of aromatic carboxylic acids is 1. The number of pyridine rings is 1. The number of carboxylic acid groups (broad SMARTS) is 1. The van der Waals surface area contributed by atoms with Crippen molar-refractivity contribution in [1.82, 2.24) is 4.98 Å². The van der Waals surface area contributed by atoms with Crippen molar-refractivity contribution in [3.8, 4) is 11.3 Å². The first-order valence-corrected chi connectivity index (χ1v) is 15.5. The topological polar surface area (TPSA) is 94.7 Å². The summed E-state index contributed by atoms with van der Waals surface area (Å²) in [6.45, 7) is 2.84. The average Bonchev–Trinajstić information content (AvgIpc) is 2.99. The van der Waals surface area contributed by atoms with E-state index < -0.39 is 5.97 Å². The van der Waals surface area contributed by atoms with Gasteiger partial charge < -0.3 is 25.0 Å². The quantitative estimate of drug-likeness (QED) is 0.174. The van der Waals surface area contributed by atoms with Gasteiger partial charge in [0.05, 0.1) is 24.5 Å². The third-order valence-electron chi connectivity index (χ3n) is 7.12. The summed E-state index contributed by atoms with van der Waals surface area (Å²) in [6.07, 6.45) is 0.499. The van der Waals surface area contributed by atoms with Crippen molar-refractivity contribution in [2.75, 3.05) is 42.4 Å². The number of nitrogens with zero attached hydrogens (tertiary/aromatic N) is 1. The van der Waals surface area contributed by atoms with Gasteiger partial charge in [-0.05, 0) is 48.4 Å². The van der Waals surface area contributed by atoms with Crippen molar-refractivity contribution in [3.05, 3.63) is 94.3 Å². The molecule has 6 rings (SSSR count). The van der Waals surface area contributed by atoms with Gasteiger partial charge in [-0.15, -0.1) is 11.6 Å². The lowest BCUT2D eigenvalue weighted by Gasteiger charge is -2.29. The molecule has 210 valence electrons. The number of carbonyl (C=O) groups is 1. The molecule has 3 heterocycles. The van der Waals surface area contributed by atoms with Gasteiger partial charge in [0.25, 0.3) is 0 Å². The van der Waals surface area contributed by atoms with Crippen molar-refractivity contribution in [2.45, 2.75) is 32.0 Å². The number of aromatic amines is 1. The van der Waals surface area contributed by atoms with Crippen LogP contribution in [-0.2, 0) is 11.2 Å². The predicted octanol–water partition coefficient (Wildman–Crippen LogP) is 6.45. The first-order chi connectivity index (χ1) is 20.0. The minimum absolute atomic E-state index is 0.119. The Bertz CT molecular complexity index is 1650. The molecule has 4 aromatic rings. The van der Waals surface area contributed by atoms with Crippen LogP contribution in [0.1, 0.15) is 15.9 Å². The van der Waals surface area contributed by atoms with E-state index >= 15 is 0 Å². The smallest absolute Gasteiger partial charge is 0.335 e. The summed E-state index contributed by atoms with van der Waals surface area (Å²) in [4.78, 5) is 34.0. The average molecular weight is 606 g/mol. The fourth-order valence-electron chi connectivity index (χ4n) is 5.13. The van der Waals surface area contributed by atoms with Gasteiger partial charge >= 0.3 is 5.97 Å². The van der Waals surface area contributed by atoms with Crippen LogP contribution in [0.15, 0.2) is 97.2 Å². The fraction of sp³-hybridized carbons (Fsp3) is 0.226. The lowest BCUT2D eigenvalue weighted by atomic mass is 10.0. The second-order valence-corrected chi connectivity index (χ2v) is 12.3. The molecule has 1 aromatic heterocycles. The van der Waals surface area contributed by atoms with Gasteiger partial charge in [0.15, 0.2) is 0 Å². The molecule has 0 saturated carbocycles. The van der Waals surface area contributed by atoms with Gasteiger partial charge in [0, 0.05) is 67.6 Å². The molecule has 2 aliphatic heterocycles. The number of fused-ring (bicyclic) bond motifs is 2. The molecular formula is C31H28ClN3O4S2. The Kier molecular flexibility index (Phi) is 8.30. The highest BCUT2D eigenvalue weighted by atomic mass is 35.5. The third-order valence-corrected chi connectivity index (χ3v) is 10.1. The molecule has 0 aliphatic carbocycles. The fourth-order valence-corrected chi connectivity index (χ4v) is 7.73. The zero-order valence-corrected chi connectivity index (χ0v) is 24.5. The van der Waals surface area contributed by atoms with Gasteiger partial charge in [0.1, 0.15) is 0 Å². The third kappa shape index (κ3) is 6.13. The number of hydrogen-bond donors (Lipinski definition) is 3. The summed E-state index contributed by atoms with van der Waals surface area (Å²) in [5.41, 5.74) is 4.57. The Morgan fingerprint density at radius 2 is 1.83 bits per heavy atom. The maximum atomic E-state index is 12.6. The molecule has 41 heavy (non-hydrogen) atoms. The highest BCUT2D eigenvalue weighted by Gasteiger charge is 2.23. The van der Waals surface area contributed by atoms with Crippen LogP contribution in [0.3, 0.4) is 0 Å². The SMILES string of the molecule is O=C(O)c1ccccc1CC(CCl)Nc1ccc2c(c1)Sc1cccc(-c3cc(N4CCOCC4)cc(=O)[nH]3)c1S2. The number of benzene rings is 3. The Labute approximate surface area is 251 Å². The Hall–Kier alpha value is -3.37. The van der Waals surface area contributed by atoms with Crippen molar-refractivity contribution in [1.29, 1.82) is 0 Å². The van der Waals surface area contributed by atoms with Crippen LogP contribution in [0.4, 0.5) is 11.4 Å². The number of nitrogens with one attached hydrogen (secondary N) is 2. The number of halogens is 1. The molecule has 1 saturated heterocycles. The van der Waals surface area contributed by atoms with Gasteiger partial charge in [-0.2, -0.15) is 0 Å². The van der Waals surface area contributed by atoms with Crippen molar-refractivity contribution in [3.63, 3.8) is 0 Å². The first kappa shape index (κ1) is 27.8. The number of alkyl halides is 1. The van der Waals surface area contributed by atoms with Crippen LogP contribution < -0.4 is 15.8 Å². The van der Waals surface area contributed by atoms with E-state index in [-0.39, 0.29) is 11.6 Å². The van der Waals surface area contributed by atoms with E-state index in [4.69, 9.17) is 16.3 Å². The minimum Gasteiger partial charge on any atom is -0.478 e. The Morgan fingerprint density at radius 1 is 1.00 bits per heavy atom. The van der Waals surface area contributed by atoms with Crippen LogP contribution in [0.2, 0.25) is 0 Å². The molecule has 0 bridgehead atoms. The van der Waals surface area contributed by atoms with Crippen molar-refractivity contribution < 1.29 is 14.6 Å². The van der Waals surface area contributed by atoms with Crippen LogP contribution in [0.5, 0.6) is 0 Å². The molecule has 2 aliphatic rings. The number of H-pyrrole nitrogens is 1. The Balaban J connectivity index is 1.24. The van der Waals surface area contributed by atoms with Crippen LogP contribution in [0, 0.1) is 0 Å². The molecule has 7 nitrogen and oxygen atoms in total. The van der Waals surface area contributed by atoms with Crippen molar-refractivity contribution >= 4 is 52.5 Å². The summed E-state index contributed by atoms with van der Waals surface area (Å²) in [5, 5.41) is 13.0. The standard InChI is InChI=1S/C31H28ClN3O4S2/c32-18-21(14-19-4-1-2-5-23(19)31(37)38)33-20-8-9-26-28(15-20)40-27-7-3-6-24(30(27)41-26)25-16-22(17-29(36)34-25)35-10-12-39-13-11-35/h1-9,15-17,21,33H,10-14,18H2,(H,34,36)(H,37,38). The molecule has 1 unspecified atom stereocenters. The molecule has 3 aromatic carbocycles. The number of morpholine rings is 1. The van der Waals surface area contributed by atoms with E-state index in [1.807, 2.05) is 24.3 Å². The summed E-state index contributed by atoms with van der Waals surface area (Å²) >= 11 is 9.70. The molecule has 0 spiro atoms. The zero-order chi connectivity index (χ0) is 28.3. The molecule has 0 radical (unpaired) electrons. The van der Waals surface area contributed by atoms with E-state index in [0.717, 1.165) is 60.9 Å². The minimum atomic E-state index is -0.939. The maximum Gasteiger partial charge on any atom is 0.335 e. The van der Waals surface area contributed by atoms with E-state index in [2.05, 4.69) is 45.5 Å². The number of aromatic nitrogens is 1. The number of hydrogen-bond acceptors (Lipinski definition) is 7. The van der Waals surface area contributed by atoms with Gasteiger partial charge in [-0.25, -0.2) is 4.79 Å². The van der Waals surface area contributed by atoms with Gasteiger partial charge in [-0.3, -0.25) is 4.79 Å². The second kappa shape index (κ2) is 12.2. The summed E-state index contributed by atoms with van der Waals surface area (Å²) < 4.78 is 5.48. The maximum absolute atomic E-state index is 12.6. The zero-order valence-electron chi connectivity index (χ0n) is 22.1. The molecule has 3 N–H and O–H groups in total. The van der Waals surface area contributed by atoms with E-state index in [1.54, 1.807) is 41.7 Å². The normalized spacial score (nSPS) is 15.1. The molecule has 1 fully saturated rings. The van der Waals surface area contributed by atoms with Gasteiger partial charge in [-0.1, -0.05) is 53.9 Å². The monoisotopic (exact) mass is 605 g/mol.